The lowest BCUT2D eigenvalue weighted by Gasteiger charge is -2.31. The Hall–Kier alpha value is -2.81. The first-order chi connectivity index (χ1) is 14.3. The SMILES string of the molecule is CC(C)CCNC(=O)C1CCN(Cc2ccc3c(c2)OCO3)CC1.O=C(O)C(=O)O. The van der Waals surface area contributed by atoms with Crippen LogP contribution in [0.25, 0.3) is 0 Å². The predicted molar refractivity (Wildman–Crippen MR) is 108 cm³/mol. The topological polar surface area (TPSA) is 125 Å². The third kappa shape index (κ3) is 7.55. The number of rotatable bonds is 6. The first kappa shape index (κ1) is 23.5. The first-order valence-electron chi connectivity index (χ1n) is 10.1. The fraction of sp³-hybridized carbons (Fsp3) is 0.571. The summed E-state index contributed by atoms with van der Waals surface area (Å²) in [5, 5.41) is 17.9. The number of amides is 1. The first-order valence-corrected chi connectivity index (χ1v) is 10.1. The van der Waals surface area contributed by atoms with Gasteiger partial charge in [0.15, 0.2) is 11.5 Å². The van der Waals surface area contributed by atoms with Crippen molar-refractivity contribution in [3.63, 3.8) is 0 Å². The number of nitrogens with zero attached hydrogens (tertiary/aromatic N) is 1. The van der Waals surface area contributed by atoms with Gasteiger partial charge in [-0.2, -0.15) is 0 Å². The Morgan fingerprint density at radius 3 is 2.33 bits per heavy atom. The van der Waals surface area contributed by atoms with Crippen LogP contribution >= 0.6 is 0 Å². The van der Waals surface area contributed by atoms with Crippen LogP contribution in [0.2, 0.25) is 0 Å². The zero-order valence-corrected chi connectivity index (χ0v) is 17.4. The van der Waals surface area contributed by atoms with Crippen LogP contribution in [-0.4, -0.2) is 59.4 Å². The molecule has 0 spiro atoms. The van der Waals surface area contributed by atoms with Crippen molar-refractivity contribution >= 4 is 17.8 Å². The Morgan fingerprint density at radius 2 is 1.73 bits per heavy atom. The number of carbonyl (C=O) groups excluding carboxylic acids is 1. The molecule has 0 aromatic heterocycles. The predicted octanol–water partition coefficient (Wildman–Crippen LogP) is 1.95. The second-order valence-electron chi connectivity index (χ2n) is 7.82. The molecule has 1 amide bonds. The Morgan fingerprint density at radius 1 is 1.10 bits per heavy atom. The molecule has 9 heteroatoms. The summed E-state index contributed by atoms with van der Waals surface area (Å²) in [5.74, 6) is -0.940. The number of hydrogen-bond acceptors (Lipinski definition) is 6. The van der Waals surface area contributed by atoms with E-state index in [1.54, 1.807) is 0 Å². The Labute approximate surface area is 176 Å². The van der Waals surface area contributed by atoms with Gasteiger partial charge in [0, 0.05) is 19.0 Å². The molecule has 3 rings (SSSR count). The number of nitrogens with one attached hydrogen (secondary N) is 1. The third-order valence-corrected chi connectivity index (χ3v) is 5.01. The average Bonchev–Trinajstić information content (AvgIpc) is 3.16. The Balaban J connectivity index is 0.000000469. The van der Waals surface area contributed by atoms with Gasteiger partial charge in [-0.3, -0.25) is 9.69 Å². The summed E-state index contributed by atoms with van der Waals surface area (Å²) >= 11 is 0. The number of aliphatic carboxylic acids is 2. The van der Waals surface area contributed by atoms with Crippen LogP contribution in [-0.2, 0) is 20.9 Å². The van der Waals surface area contributed by atoms with E-state index in [9.17, 15) is 4.79 Å². The van der Waals surface area contributed by atoms with Crippen LogP contribution in [0.4, 0.5) is 0 Å². The molecule has 0 aliphatic carbocycles. The van der Waals surface area contributed by atoms with Crippen molar-refractivity contribution < 1.29 is 34.1 Å². The van der Waals surface area contributed by atoms with E-state index in [0.29, 0.717) is 12.7 Å². The van der Waals surface area contributed by atoms with Crippen LogP contribution in [0.15, 0.2) is 18.2 Å². The number of ether oxygens (including phenoxy) is 2. The van der Waals surface area contributed by atoms with Gasteiger partial charge in [0.25, 0.3) is 0 Å². The van der Waals surface area contributed by atoms with Gasteiger partial charge < -0.3 is 25.0 Å². The van der Waals surface area contributed by atoms with E-state index in [1.165, 1.54) is 5.56 Å². The van der Waals surface area contributed by atoms with Crippen molar-refractivity contribution in [2.75, 3.05) is 26.4 Å². The molecule has 1 fully saturated rings. The minimum Gasteiger partial charge on any atom is -0.473 e. The highest BCUT2D eigenvalue weighted by atomic mass is 16.7. The molecule has 1 aromatic carbocycles. The third-order valence-electron chi connectivity index (χ3n) is 5.01. The highest BCUT2D eigenvalue weighted by Gasteiger charge is 2.25. The summed E-state index contributed by atoms with van der Waals surface area (Å²) in [7, 11) is 0. The Kier molecular flexibility index (Phi) is 8.91. The van der Waals surface area contributed by atoms with Crippen LogP contribution in [0.1, 0.15) is 38.7 Å². The largest absolute Gasteiger partial charge is 0.473 e. The van der Waals surface area contributed by atoms with Gasteiger partial charge in [0.1, 0.15) is 0 Å². The minimum absolute atomic E-state index is 0.171. The number of carbonyl (C=O) groups is 3. The summed E-state index contributed by atoms with van der Waals surface area (Å²) in [4.78, 5) is 32.8. The van der Waals surface area contributed by atoms with Gasteiger partial charge in [-0.15, -0.1) is 0 Å². The smallest absolute Gasteiger partial charge is 0.414 e. The average molecular weight is 422 g/mol. The summed E-state index contributed by atoms with van der Waals surface area (Å²) in [5.41, 5.74) is 1.24. The van der Waals surface area contributed by atoms with Gasteiger partial charge in [-0.1, -0.05) is 19.9 Å². The number of piperidine rings is 1. The highest BCUT2D eigenvalue weighted by molar-refractivity contribution is 6.27. The van der Waals surface area contributed by atoms with Crippen LogP contribution in [0.5, 0.6) is 11.5 Å². The van der Waals surface area contributed by atoms with E-state index >= 15 is 0 Å². The molecule has 30 heavy (non-hydrogen) atoms. The molecule has 3 N–H and O–H groups in total. The number of carboxylic acids is 2. The molecule has 2 aliphatic rings. The molecule has 166 valence electrons. The molecule has 9 nitrogen and oxygen atoms in total. The molecule has 0 atom stereocenters. The standard InChI is InChI=1S/C19H28N2O3.C2H2O4/c1-14(2)5-8-20-19(22)16-6-9-21(10-7-16)12-15-3-4-17-18(11-15)24-13-23-17;3-1(4)2(5)6/h3-4,11,14,16H,5-10,12-13H2,1-2H3,(H,20,22);(H,3,4)(H,5,6). The fourth-order valence-electron chi connectivity index (χ4n) is 3.28. The second-order valence-corrected chi connectivity index (χ2v) is 7.82. The van der Waals surface area contributed by atoms with E-state index in [4.69, 9.17) is 29.3 Å². The molecule has 2 heterocycles. The maximum atomic E-state index is 12.2. The van der Waals surface area contributed by atoms with Gasteiger partial charge in [0.2, 0.25) is 12.7 Å². The van der Waals surface area contributed by atoms with E-state index < -0.39 is 11.9 Å². The second kappa shape index (κ2) is 11.4. The monoisotopic (exact) mass is 422 g/mol. The fourth-order valence-corrected chi connectivity index (χ4v) is 3.28. The number of fused-ring (bicyclic) bond motifs is 1. The zero-order valence-electron chi connectivity index (χ0n) is 17.4. The van der Waals surface area contributed by atoms with E-state index in [1.807, 2.05) is 6.07 Å². The molecule has 0 saturated carbocycles. The van der Waals surface area contributed by atoms with Crippen molar-refractivity contribution in [3.8, 4) is 11.5 Å². The van der Waals surface area contributed by atoms with E-state index in [2.05, 4.69) is 36.2 Å². The Bertz CT molecular complexity index is 731. The number of benzene rings is 1. The normalized spacial score (nSPS) is 16.0. The summed E-state index contributed by atoms with van der Waals surface area (Å²) in [6.07, 6.45) is 2.94. The number of carboxylic acid groups (broad SMARTS) is 2. The van der Waals surface area contributed by atoms with Crippen molar-refractivity contribution in [1.29, 1.82) is 0 Å². The summed E-state index contributed by atoms with van der Waals surface area (Å²) in [6, 6.07) is 6.14. The number of likely N-dealkylation sites (tertiary alicyclic amines) is 1. The zero-order chi connectivity index (χ0) is 22.1. The molecular formula is C21H30N2O7. The van der Waals surface area contributed by atoms with Crippen molar-refractivity contribution in [2.24, 2.45) is 11.8 Å². The van der Waals surface area contributed by atoms with E-state index in [0.717, 1.165) is 56.9 Å². The molecule has 0 unspecified atom stereocenters. The van der Waals surface area contributed by atoms with Crippen LogP contribution < -0.4 is 14.8 Å². The summed E-state index contributed by atoms with van der Waals surface area (Å²) in [6.45, 7) is 8.32. The number of hydrogen-bond donors (Lipinski definition) is 3. The van der Waals surface area contributed by atoms with Crippen LogP contribution in [0.3, 0.4) is 0 Å². The molecule has 0 bridgehead atoms. The molecule has 1 aromatic rings. The molecule has 2 aliphatic heterocycles. The van der Waals surface area contributed by atoms with Crippen molar-refractivity contribution in [3.05, 3.63) is 23.8 Å². The lowest BCUT2D eigenvalue weighted by molar-refractivity contribution is -0.159. The lowest BCUT2D eigenvalue weighted by Crippen LogP contribution is -2.40. The van der Waals surface area contributed by atoms with Crippen LogP contribution in [0, 0.1) is 11.8 Å². The molecule has 0 radical (unpaired) electrons. The molecular weight excluding hydrogens is 392 g/mol. The van der Waals surface area contributed by atoms with Crippen molar-refractivity contribution in [1.82, 2.24) is 10.2 Å². The maximum Gasteiger partial charge on any atom is 0.414 e. The quantitative estimate of drug-likeness (QED) is 0.594. The van der Waals surface area contributed by atoms with Gasteiger partial charge in [0.05, 0.1) is 0 Å². The van der Waals surface area contributed by atoms with Gasteiger partial charge >= 0.3 is 11.9 Å². The van der Waals surface area contributed by atoms with E-state index in [-0.39, 0.29) is 11.8 Å². The van der Waals surface area contributed by atoms with Gasteiger partial charge in [-0.25, -0.2) is 9.59 Å². The highest BCUT2D eigenvalue weighted by Crippen LogP contribution is 2.33. The van der Waals surface area contributed by atoms with Gasteiger partial charge in [-0.05, 0) is 56.0 Å². The van der Waals surface area contributed by atoms with Crippen molar-refractivity contribution in [2.45, 2.75) is 39.7 Å². The molecule has 1 saturated heterocycles. The minimum atomic E-state index is -1.82. The lowest BCUT2D eigenvalue weighted by atomic mass is 9.95. The summed E-state index contributed by atoms with van der Waals surface area (Å²) < 4.78 is 10.8. The maximum absolute atomic E-state index is 12.2.